The molecule has 2 N–H and O–H groups in total. The van der Waals surface area contributed by atoms with Gasteiger partial charge in [-0.15, -0.1) is 0 Å². The predicted molar refractivity (Wildman–Crippen MR) is 116 cm³/mol. The summed E-state index contributed by atoms with van der Waals surface area (Å²) >= 11 is 0. The van der Waals surface area contributed by atoms with E-state index in [0.29, 0.717) is 11.5 Å². The van der Waals surface area contributed by atoms with Crippen LogP contribution in [-0.4, -0.2) is 36.4 Å². The van der Waals surface area contributed by atoms with Crippen LogP contribution in [0.25, 0.3) is 0 Å². The van der Waals surface area contributed by atoms with Crippen molar-refractivity contribution in [1.29, 1.82) is 0 Å². The Kier molecular flexibility index (Phi) is 5.82. The lowest BCUT2D eigenvalue weighted by molar-refractivity contribution is 0.0955. The minimum atomic E-state index is -0.342. The maximum atomic E-state index is 12.2. The van der Waals surface area contributed by atoms with Crippen molar-refractivity contribution in [3.05, 3.63) is 53.1 Å². The third kappa shape index (κ3) is 4.21. The lowest BCUT2D eigenvalue weighted by Gasteiger charge is -2.47. The first kappa shape index (κ1) is 20.7. The smallest absolute Gasteiger partial charge is 0.271 e. The second kappa shape index (κ2) is 8.15. The molecule has 0 bridgehead atoms. The number of phenolic OH excluding ortho intramolecular Hbond substituents is 1. The van der Waals surface area contributed by atoms with Gasteiger partial charge in [0.25, 0.3) is 5.91 Å². The predicted octanol–water partition coefficient (Wildman–Crippen LogP) is 4.28. The number of hydrogen-bond donors (Lipinski definition) is 2. The molecule has 1 heterocycles. The van der Waals surface area contributed by atoms with Gasteiger partial charge in [-0.2, -0.15) is 5.10 Å². The third-order valence-corrected chi connectivity index (χ3v) is 5.55. The zero-order valence-electron chi connectivity index (χ0n) is 17.7. The Morgan fingerprint density at radius 1 is 1.34 bits per heavy atom. The molecular formula is C23H29N3O3. The molecule has 0 saturated carbocycles. The van der Waals surface area contributed by atoms with Crippen LogP contribution in [0.15, 0.2) is 41.5 Å². The number of ether oxygens (including phenoxy) is 1. The van der Waals surface area contributed by atoms with Crippen molar-refractivity contribution in [2.24, 2.45) is 5.10 Å². The number of phenols is 1. The molecule has 1 amide bonds. The summed E-state index contributed by atoms with van der Waals surface area (Å²) < 4.78 is 5.60. The summed E-state index contributed by atoms with van der Waals surface area (Å²) in [6.45, 7) is 9.88. The third-order valence-electron chi connectivity index (χ3n) is 5.55. The van der Waals surface area contributed by atoms with Crippen molar-refractivity contribution in [2.75, 3.05) is 18.6 Å². The highest BCUT2D eigenvalue weighted by atomic mass is 16.5. The normalized spacial score (nSPS) is 17.8. The fraction of sp³-hybridized carbons (Fsp3) is 0.391. The van der Waals surface area contributed by atoms with E-state index in [2.05, 4.69) is 55.3 Å². The van der Waals surface area contributed by atoms with E-state index in [4.69, 9.17) is 4.74 Å². The molecule has 1 aliphatic heterocycles. The van der Waals surface area contributed by atoms with Gasteiger partial charge >= 0.3 is 0 Å². The molecule has 2 aromatic carbocycles. The van der Waals surface area contributed by atoms with Gasteiger partial charge in [0.2, 0.25) is 0 Å². The summed E-state index contributed by atoms with van der Waals surface area (Å²) in [5, 5.41) is 13.4. The number of rotatable bonds is 5. The van der Waals surface area contributed by atoms with Gasteiger partial charge < -0.3 is 14.7 Å². The Bertz CT molecular complexity index is 920. The van der Waals surface area contributed by atoms with Crippen LogP contribution < -0.4 is 15.1 Å². The first-order chi connectivity index (χ1) is 13.8. The maximum Gasteiger partial charge on any atom is 0.271 e. The summed E-state index contributed by atoms with van der Waals surface area (Å²) in [4.78, 5) is 14.6. The van der Waals surface area contributed by atoms with Gasteiger partial charge in [-0.1, -0.05) is 6.92 Å². The second-order valence-corrected chi connectivity index (χ2v) is 8.06. The van der Waals surface area contributed by atoms with Gasteiger partial charge in [0.1, 0.15) is 11.5 Å². The second-order valence-electron chi connectivity index (χ2n) is 8.06. The number of amides is 1. The highest BCUT2D eigenvalue weighted by molar-refractivity contribution is 5.95. The molecule has 6 heteroatoms. The van der Waals surface area contributed by atoms with Crippen LogP contribution in [0.3, 0.4) is 0 Å². The summed E-state index contributed by atoms with van der Waals surface area (Å²) in [5.41, 5.74) is 6.31. The highest BCUT2D eigenvalue weighted by Crippen LogP contribution is 2.45. The SMILES string of the molecule is CCN1c2cc(OC)c(/C=N\NC(=O)c3ccc(O)cc3)cc2C(C)CC1(C)C. The lowest BCUT2D eigenvalue weighted by atomic mass is 9.79. The summed E-state index contributed by atoms with van der Waals surface area (Å²) in [5.74, 6) is 0.898. The Hall–Kier alpha value is -3.02. The zero-order valence-corrected chi connectivity index (χ0v) is 17.7. The number of benzene rings is 2. The molecule has 154 valence electrons. The first-order valence-electron chi connectivity index (χ1n) is 9.89. The number of nitrogens with one attached hydrogen (secondary N) is 1. The maximum absolute atomic E-state index is 12.2. The van der Waals surface area contributed by atoms with E-state index in [1.54, 1.807) is 25.5 Å². The standard InChI is InChI=1S/C23H29N3O3/c1-6-26-20-12-21(29-5)17(11-19(20)15(2)13-23(26,3)4)14-24-25-22(28)16-7-9-18(27)10-8-16/h7-12,14-15,27H,6,13H2,1-5H3,(H,25,28)/b24-14-. The molecule has 1 atom stereocenters. The van der Waals surface area contributed by atoms with Gasteiger partial charge in [-0.05, 0) is 69.0 Å². The number of carbonyl (C=O) groups is 1. The minimum Gasteiger partial charge on any atom is -0.508 e. The van der Waals surface area contributed by atoms with Gasteiger partial charge in [0.15, 0.2) is 0 Å². The Morgan fingerprint density at radius 2 is 2.03 bits per heavy atom. The number of methoxy groups -OCH3 is 1. The molecule has 0 radical (unpaired) electrons. The number of carbonyl (C=O) groups excluding carboxylic acids is 1. The lowest BCUT2D eigenvalue weighted by Crippen LogP contribution is -2.48. The summed E-state index contributed by atoms with van der Waals surface area (Å²) in [6.07, 6.45) is 2.68. The van der Waals surface area contributed by atoms with E-state index >= 15 is 0 Å². The van der Waals surface area contributed by atoms with Crippen molar-refractivity contribution in [2.45, 2.75) is 45.6 Å². The number of hydrazone groups is 1. The van der Waals surface area contributed by atoms with E-state index in [1.165, 1.54) is 23.4 Å². The van der Waals surface area contributed by atoms with Crippen LogP contribution in [0.5, 0.6) is 11.5 Å². The monoisotopic (exact) mass is 395 g/mol. The summed E-state index contributed by atoms with van der Waals surface area (Å²) in [7, 11) is 1.64. The zero-order chi connectivity index (χ0) is 21.2. The van der Waals surface area contributed by atoms with E-state index in [1.807, 2.05) is 0 Å². The van der Waals surface area contributed by atoms with E-state index < -0.39 is 0 Å². The van der Waals surface area contributed by atoms with Crippen LogP contribution in [0.1, 0.15) is 61.5 Å². The largest absolute Gasteiger partial charge is 0.508 e. The van der Waals surface area contributed by atoms with E-state index in [-0.39, 0.29) is 17.2 Å². The Labute approximate surface area is 172 Å². The molecule has 0 saturated heterocycles. The van der Waals surface area contributed by atoms with Crippen molar-refractivity contribution in [3.63, 3.8) is 0 Å². The molecule has 0 spiro atoms. The minimum absolute atomic E-state index is 0.0832. The molecule has 2 aromatic rings. The average Bonchev–Trinajstić information content (AvgIpc) is 2.68. The summed E-state index contributed by atoms with van der Waals surface area (Å²) in [6, 6.07) is 10.2. The van der Waals surface area contributed by atoms with Crippen molar-refractivity contribution in [1.82, 2.24) is 5.43 Å². The average molecular weight is 396 g/mol. The van der Waals surface area contributed by atoms with Gasteiger partial charge in [0, 0.05) is 35.0 Å². The van der Waals surface area contributed by atoms with E-state index in [9.17, 15) is 9.90 Å². The van der Waals surface area contributed by atoms with Gasteiger partial charge in [-0.3, -0.25) is 4.79 Å². The highest BCUT2D eigenvalue weighted by Gasteiger charge is 2.36. The molecule has 0 aromatic heterocycles. The fourth-order valence-corrected chi connectivity index (χ4v) is 4.24. The van der Waals surface area contributed by atoms with Crippen molar-refractivity contribution in [3.8, 4) is 11.5 Å². The number of fused-ring (bicyclic) bond motifs is 1. The van der Waals surface area contributed by atoms with Crippen LogP contribution >= 0.6 is 0 Å². The number of nitrogens with zero attached hydrogens (tertiary/aromatic N) is 2. The van der Waals surface area contributed by atoms with Crippen LogP contribution in [0.2, 0.25) is 0 Å². The molecule has 6 nitrogen and oxygen atoms in total. The number of aromatic hydroxyl groups is 1. The molecule has 0 fully saturated rings. The molecule has 0 aliphatic carbocycles. The van der Waals surface area contributed by atoms with Crippen molar-refractivity contribution >= 4 is 17.8 Å². The van der Waals surface area contributed by atoms with Crippen molar-refractivity contribution < 1.29 is 14.6 Å². The molecular weight excluding hydrogens is 366 g/mol. The molecule has 1 unspecified atom stereocenters. The van der Waals surface area contributed by atoms with Crippen LogP contribution in [0, 0.1) is 0 Å². The van der Waals surface area contributed by atoms with E-state index in [0.717, 1.165) is 24.3 Å². The topological polar surface area (TPSA) is 74.2 Å². The molecule has 3 rings (SSSR count). The quantitative estimate of drug-likeness (QED) is 0.585. The van der Waals surface area contributed by atoms with Gasteiger partial charge in [0.05, 0.1) is 13.3 Å². The number of hydrogen-bond acceptors (Lipinski definition) is 5. The number of anilines is 1. The molecule has 1 aliphatic rings. The van der Waals surface area contributed by atoms with Gasteiger partial charge in [-0.25, -0.2) is 5.43 Å². The first-order valence-corrected chi connectivity index (χ1v) is 9.89. The fourth-order valence-electron chi connectivity index (χ4n) is 4.24. The Morgan fingerprint density at radius 3 is 2.66 bits per heavy atom. The molecule has 29 heavy (non-hydrogen) atoms. The Balaban J connectivity index is 1.86. The van der Waals surface area contributed by atoms with Crippen LogP contribution in [0.4, 0.5) is 5.69 Å². The van der Waals surface area contributed by atoms with Crippen LogP contribution in [-0.2, 0) is 0 Å².